The molecule has 0 radical (unpaired) electrons. The van der Waals surface area contributed by atoms with Crippen molar-refractivity contribution in [2.75, 3.05) is 0 Å². The van der Waals surface area contributed by atoms with Gasteiger partial charge in [0.2, 0.25) is 0 Å². The topological polar surface area (TPSA) is 29.5 Å². The summed E-state index contributed by atoms with van der Waals surface area (Å²) in [6.45, 7) is 3.84. The van der Waals surface area contributed by atoms with E-state index in [1.807, 2.05) is 19.9 Å². The Morgan fingerprint density at radius 1 is 1.75 bits per heavy atom. The predicted molar refractivity (Wildman–Crippen MR) is 32.6 cm³/mol. The second-order valence-corrected chi connectivity index (χ2v) is 1.58. The van der Waals surface area contributed by atoms with E-state index in [2.05, 4.69) is 4.89 Å². The molecular weight excluding hydrogens is 104 g/mol. The van der Waals surface area contributed by atoms with Crippen molar-refractivity contribution in [2.24, 2.45) is 0 Å². The van der Waals surface area contributed by atoms with E-state index in [9.17, 15) is 0 Å². The fraction of sp³-hybridized carbons (Fsp3) is 0.667. The molecule has 0 aliphatic heterocycles. The minimum atomic E-state index is -0.125. The van der Waals surface area contributed by atoms with Crippen molar-refractivity contribution < 1.29 is 10.1 Å². The molecule has 0 amide bonds. The lowest BCUT2D eigenvalue weighted by Gasteiger charge is -2.01. The Balaban J connectivity index is 3.36. The van der Waals surface area contributed by atoms with Crippen molar-refractivity contribution in [1.82, 2.24) is 0 Å². The van der Waals surface area contributed by atoms with Gasteiger partial charge in [-0.15, -0.1) is 0 Å². The third kappa shape index (κ3) is 2.77. The SMILES string of the molecule is C/C=C/C(CC)OO. The van der Waals surface area contributed by atoms with Crippen LogP contribution in [0.5, 0.6) is 0 Å². The zero-order valence-electron chi connectivity index (χ0n) is 5.29. The summed E-state index contributed by atoms with van der Waals surface area (Å²) in [5.41, 5.74) is 0. The molecule has 2 heteroatoms. The lowest BCUT2D eigenvalue weighted by molar-refractivity contribution is -0.266. The van der Waals surface area contributed by atoms with Gasteiger partial charge in [-0.05, 0) is 13.3 Å². The molecule has 0 bridgehead atoms. The molecule has 0 aliphatic rings. The smallest absolute Gasteiger partial charge is 0.111 e. The summed E-state index contributed by atoms with van der Waals surface area (Å²) in [4.78, 5) is 4.05. The van der Waals surface area contributed by atoms with Crippen LogP contribution in [0, 0.1) is 0 Å². The fourth-order valence-corrected chi connectivity index (χ4v) is 0.460. The van der Waals surface area contributed by atoms with Crippen molar-refractivity contribution in [3.8, 4) is 0 Å². The average Bonchev–Trinajstić information content (AvgIpc) is 1.83. The van der Waals surface area contributed by atoms with Crippen molar-refractivity contribution in [3.63, 3.8) is 0 Å². The van der Waals surface area contributed by atoms with E-state index in [1.165, 1.54) is 0 Å². The molecule has 48 valence electrons. The summed E-state index contributed by atoms with van der Waals surface area (Å²) in [5.74, 6) is 0. The zero-order chi connectivity index (χ0) is 6.41. The number of rotatable bonds is 3. The molecule has 8 heavy (non-hydrogen) atoms. The van der Waals surface area contributed by atoms with Crippen LogP contribution in [-0.2, 0) is 4.89 Å². The first-order chi connectivity index (χ1) is 3.85. The first-order valence-corrected chi connectivity index (χ1v) is 2.78. The Morgan fingerprint density at radius 2 is 2.38 bits per heavy atom. The molecule has 0 saturated heterocycles. The van der Waals surface area contributed by atoms with E-state index >= 15 is 0 Å². The van der Waals surface area contributed by atoms with Crippen LogP contribution in [0.25, 0.3) is 0 Å². The second-order valence-electron chi connectivity index (χ2n) is 1.58. The van der Waals surface area contributed by atoms with Crippen LogP contribution in [-0.4, -0.2) is 11.4 Å². The largest absolute Gasteiger partial charge is 0.251 e. The number of allylic oxidation sites excluding steroid dienone is 1. The van der Waals surface area contributed by atoms with Gasteiger partial charge in [0.05, 0.1) is 0 Å². The molecule has 0 aromatic rings. The number of hydrogen-bond donors (Lipinski definition) is 1. The van der Waals surface area contributed by atoms with Crippen LogP contribution < -0.4 is 0 Å². The Morgan fingerprint density at radius 3 is 2.50 bits per heavy atom. The van der Waals surface area contributed by atoms with E-state index in [0.717, 1.165) is 6.42 Å². The third-order valence-electron chi connectivity index (χ3n) is 0.945. The molecule has 0 aromatic carbocycles. The molecule has 0 spiro atoms. The van der Waals surface area contributed by atoms with Crippen molar-refractivity contribution in [1.29, 1.82) is 0 Å². The molecule has 0 rings (SSSR count). The van der Waals surface area contributed by atoms with Gasteiger partial charge in [0, 0.05) is 0 Å². The Labute approximate surface area is 49.7 Å². The highest BCUT2D eigenvalue weighted by atomic mass is 17.1. The maximum Gasteiger partial charge on any atom is 0.111 e. The predicted octanol–water partition coefficient (Wildman–Crippen LogP) is 1.83. The lowest BCUT2D eigenvalue weighted by Crippen LogP contribution is -2.03. The van der Waals surface area contributed by atoms with E-state index in [1.54, 1.807) is 6.08 Å². The van der Waals surface area contributed by atoms with Gasteiger partial charge >= 0.3 is 0 Å². The summed E-state index contributed by atoms with van der Waals surface area (Å²) < 4.78 is 0. The van der Waals surface area contributed by atoms with Crippen LogP contribution in [0.3, 0.4) is 0 Å². The van der Waals surface area contributed by atoms with Gasteiger partial charge in [0.15, 0.2) is 0 Å². The molecule has 2 nitrogen and oxygen atoms in total. The van der Waals surface area contributed by atoms with E-state index in [0.29, 0.717) is 0 Å². The van der Waals surface area contributed by atoms with Gasteiger partial charge in [0.1, 0.15) is 6.10 Å². The Bertz CT molecular complexity index is 64.9. The third-order valence-corrected chi connectivity index (χ3v) is 0.945. The van der Waals surface area contributed by atoms with Gasteiger partial charge in [-0.25, -0.2) is 4.89 Å². The van der Waals surface area contributed by atoms with E-state index in [-0.39, 0.29) is 6.10 Å². The summed E-state index contributed by atoms with van der Waals surface area (Å²) in [6, 6.07) is 0. The normalized spacial score (nSPS) is 14.9. The maximum atomic E-state index is 8.11. The minimum absolute atomic E-state index is 0.125. The quantitative estimate of drug-likeness (QED) is 0.346. The van der Waals surface area contributed by atoms with Gasteiger partial charge < -0.3 is 0 Å². The maximum absolute atomic E-state index is 8.11. The first-order valence-electron chi connectivity index (χ1n) is 2.78. The second kappa shape index (κ2) is 4.81. The first kappa shape index (κ1) is 7.66. The van der Waals surface area contributed by atoms with Gasteiger partial charge in [-0.2, -0.15) is 0 Å². The summed E-state index contributed by atoms with van der Waals surface area (Å²) >= 11 is 0. The molecule has 1 N–H and O–H groups in total. The highest BCUT2D eigenvalue weighted by Gasteiger charge is 1.96. The summed E-state index contributed by atoms with van der Waals surface area (Å²) in [7, 11) is 0. The Kier molecular flexibility index (Phi) is 4.61. The average molecular weight is 116 g/mol. The van der Waals surface area contributed by atoms with Crippen LogP contribution >= 0.6 is 0 Å². The monoisotopic (exact) mass is 116 g/mol. The molecule has 0 aliphatic carbocycles. The number of hydrogen-bond acceptors (Lipinski definition) is 2. The van der Waals surface area contributed by atoms with Gasteiger partial charge in [-0.3, -0.25) is 5.26 Å². The van der Waals surface area contributed by atoms with Crippen LogP contribution in [0.2, 0.25) is 0 Å². The van der Waals surface area contributed by atoms with Crippen LogP contribution in [0.15, 0.2) is 12.2 Å². The van der Waals surface area contributed by atoms with Gasteiger partial charge in [-0.1, -0.05) is 19.1 Å². The Hall–Kier alpha value is -0.340. The van der Waals surface area contributed by atoms with Gasteiger partial charge in [0.25, 0.3) is 0 Å². The summed E-state index contributed by atoms with van der Waals surface area (Å²) in [5, 5.41) is 8.11. The molecule has 1 unspecified atom stereocenters. The molecule has 0 aromatic heterocycles. The van der Waals surface area contributed by atoms with Crippen molar-refractivity contribution >= 4 is 0 Å². The zero-order valence-corrected chi connectivity index (χ0v) is 5.29. The molecule has 0 saturated carbocycles. The van der Waals surface area contributed by atoms with E-state index < -0.39 is 0 Å². The fourth-order valence-electron chi connectivity index (χ4n) is 0.460. The molecule has 1 atom stereocenters. The molecule has 0 heterocycles. The van der Waals surface area contributed by atoms with Crippen molar-refractivity contribution in [3.05, 3.63) is 12.2 Å². The standard InChI is InChI=1S/C6H12O2/c1-3-5-6(4-2)8-7/h3,5-7H,4H2,1-2H3/b5-3+. The van der Waals surface area contributed by atoms with Crippen LogP contribution in [0.1, 0.15) is 20.3 Å². The highest BCUT2D eigenvalue weighted by molar-refractivity contribution is 4.84. The minimum Gasteiger partial charge on any atom is -0.251 e. The lowest BCUT2D eigenvalue weighted by atomic mass is 10.3. The van der Waals surface area contributed by atoms with Crippen LogP contribution in [0.4, 0.5) is 0 Å². The molecule has 0 fully saturated rings. The highest BCUT2D eigenvalue weighted by Crippen LogP contribution is 1.95. The molecular formula is C6H12O2. The summed E-state index contributed by atoms with van der Waals surface area (Å²) in [6.07, 6.45) is 4.34. The van der Waals surface area contributed by atoms with E-state index in [4.69, 9.17) is 5.26 Å². The van der Waals surface area contributed by atoms with Crippen molar-refractivity contribution in [2.45, 2.75) is 26.4 Å².